The lowest BCUT2D eigenvalue weighted by molar-refractivity contribution is 0.0683. The van der Waals surface area contributed by atoms with E-state index in [1.54, 1.807) is 10.7 Å². The average Bonchev–Trinajstić information content (AvgIpc) is 2.47. The fourth-order valence-corrected chi connectivity index (χ4v) is 1.40. The monoisotopic (exact) mass is 196 g/mol. The summed E-state index contributed by atoms with van der Waals surface area (Å²) in [4.78, 5) is 10.8. The van der Waals surface area contributed by atoms with Gasteiger partial charge in [0.25, 0.3) is 0 Å². The largest absolute Gasteiger partial charge is 0.477 e. The van der Waals surface area contributed by atoms with E-state index in [0.29, 0.717) is 12.2 Å². The normalized spacial score (nSPS) is 10.4. The lowest BCUT2D eigenvalue weighted by Crippen LogP contribution is -2.10. The van der Waals surface area contributed by atoms with E-state index < -0.39 is 5.97 Å². The molecule has 0 radical (unpaired) electrons. The first-order valence-corrected chi connectivity index (χ1v) is 4.93. The quantitative estimate of drug-likeness (QED) is 0.733. The van der Waals surface area contributed by atoms with Crippen LogP contribution < -0.4 is 0 Å². The van der Waals surface area contributed by atoms with Gasteiger partial charge in [-0.3, -0.25) is 4.68 Å². The Labute approximate surface area is 83.5 Å². The predicted octanol–water partition coefficient (Wildman–Crippen LogP) is 2.08. The predicted molar refractivity (Wildman–Crippen MR) is 53.4 cm³/mol. The van der Waals surface area contributed by atoms with Crippen molar-refractivity contribution in [2.75, 3.05) is 0 Å². The van der Waals surface area contributed by atoms with Crippen molar-refractivity contribution in [1.29, 1.82) is 0 Å². The average molecular weight is 196 g/mol. The molecular weight excluding hydrogens is 180 g/mol. The Bertz CT molecular complexity index is 318. The van der Waals surface area contributed by atoms with E-state index in [4.69, 9.17) is 5.11 Å². The molecule has 0 amide bonds. The standard InChI is InChI=1S/C10H16N2O2/c1-3-4-5-6-12-9(10(13)14)7-8(2)11-12/h7H,3-6H2,1-2H3,(H,13,14). The second kappa shape index (κ2) is 4.79. The van der Waals surface area contributed by atoms with Gasteiger partial charge in [-0.05, 0) is 19.4 Å². The van der Waals surface area contributed by atoms with Gasteiger partial charge in [0.15, 0.2) is 0 Å². The topological polar surface area (TPSA) is 55.1 Å². The number of hydrogen-bond donors (Lipinski definition) is 1. The molecule has 0 unspecified atom stereocenters. The highest BCUT2D eigenvalue weighted by molar-refractivity contribution is 5.85. The minimum absolute atomic E-state index is 0.290. The maximum absolute atomic E-state index is 10.8. The molecule has 0 aliphatic heterocycles. The number of carboxylic acids is 1. The molecule has 0 spiro atoms. The summed E-state index contributed by atoms with van der Waals surface area (Å²) in [5.74, 6) is -0.901. The molecule has 1 heterocycles. The SMILES string of the molecule is CCCCCn1nc(C)cc1C(=O)O. The number of rotatable bonds is 5. The first-order chi connectivity index (χ1) is 6.65. The summed E-state index contributed by atoms with van der Waals surface area (Å²) in [6, 6.07) is 1.61. The summed E-state index contributed by atoms with van der Waals surface area (Å²) in [6.45, 7) is 4.62. The number of aryl methyl sites for hydroxylation is 2. The minimum atomic E-state index is -0.901. The molecule has 1 N–H and O–H groups in total. The molecule has 14 heavy (non-hydrogen) atoms. The molecule has 0 aliphatic rings. The lowest BCUT2D eigenvalue weighted by atomic mass is 10.2. The molecule has 1 aromatic heterocycles. The Morgan fingerprint density at radius 3 is 2.86 bits per heavy atom. The van der Waals surface area contributed by atoms with Crippen LogP contribution in [-0.2, 0) is 6.54 Å². The van der Waals surface area contributed by atoms with Gasteiger partial charge in [0, 0.05) is 6.54 Å². The van der Waals surface area contributed by atoms with Crippen LogP contribution >= 0.6 is 0 Å². The molecule has 0 atom stereocenters. The molecule has 0 aliphatic carbocycles. The van der Waals surface area contributed by atoms with Gasteiger partial charge in [-0.1, -0.05) is 19.8 Å². The van der Waals surface area contributed by atoms with E-state index in [1.165, 1.54) is 0 Å². The zero-order valence-corrected chi connectivity index (χ0v) is 8.66. The number of hydrogen-bond acceptors (Lipinski definition) is 2. The highest BCUT2D eigenvalue weighted by Crippen LogP contribution is 2.06. The van der Waals surface area contributed by atoms with Crippen molar-refractivity contribution in [3.8, 4) is 0 Å². The number of carboxylic acid groups (broad SMARTS) is 1. The van der Waals surface area contributed by atoms with Crippen LogP contribution in [0, 0.1) is 6.92 Å². The van der Waals surface area contributed by atoms with E-state index in [2.05, 4.69) is 12.0 Å². The van der Waals surface area contributed by atoms with Gasteiger partial charge < -0.3 is 5.11 Å². The number of aromatic nitrogens is 2. The molecule has 0 saturated heterocycles. The van der Waals surface area contributed by atoms with Gasteiger partial charge in [0.05, 0.1) is 5.69 Å². The van der Waals surface area contributed by atoms with Crippen molar-refractivity contribution < 1.29 is 9.90 Å². The smallest absolute Gasteiger partial charge is 0.354 e. The Morgan fingerprint density at radius 1 is 1.57 bits per heavy atom. The number of unbranched alkanes of at least 4 members (excludes halogenated alkanes) is 2. The molecule has 0 bridgehead atoms. The van der Waals surface area contributed by atoms with Crippen molar-refractivity contribution in [3.63, 3.8) is 0 Å². The number of aromatic carboxylic acids is 1. The van der Waals surface area contributed by atoms with Crippen molar-refractivity contribution in [2.24, 2.45) is 0 Å². The highest BCUT2D eigenvalue weighted by atomic mass is 16.4. The van der Waals surface area contributed by atoms with E-state index in [1.807, 2.05) is 6.92 Å². The van der Waals surface area contributed by atoms with Crippen molar-refractivity contribution in [3.05, 3.63) is 17.5 Å². The summed E-state index contributed by atoms with van der Waals surface area (Å²) in [7, 11) is 0. The van der Waals surface area contributed by atoms with Gasteiger partial charge in [0.2, 0.25) is 0 Å². The Hall–Kier alpha value is -1.32. The molecule has 0 fully saturated rings. The molecular formula is C10H16N2O2. The van der Waals surface area contributed by atoms with Crippen LogP contribution in [0.4, 0.5) is 0 Å². The highest BCUT2D eigenvalue weighted by Gasteiger charge is 2.11. The summed E-state index contributed by atoms with van der Waals surface area (Å²) in [5.41, 5.74) is 1.05. The minimum Gasteiger partial charge on any atom is -0.477 e. The van der Waals surface area contributed by atoms with Crippen LogP contribution in [0.15, 0.2) is 6.07 Å². The van der Waals surface area contributed by atoms with Gasteiger partial charge in [0.1, 0.15) is 5.69 Å². The third-order valence-electron chi connectivity index (χ3n) is 2.09. The molecule has 78 valence electrons. The van der Waals surface area contributed by atoms with Crippen LogP contribution in [-0.4, -0.2) is 20.9 Å². The van der Waals surface area contributed by atoms with Gasteiger partial charge >= 0.3 is 5.97 Å². The van der Waals surface area contributed by atoms with Crippen molar-refractivity contribution in [2.45, 2.75) is 39.7 Å². The van der Waals surface area contributed by atoms with Crippen molar-refractivity contribution >= 4 is 5.97 Å². The summed E-state index contributed by atoms with van der Waals surface area (Å²) in [5, 5.41) is 13.0. The van der Waals surface area contributed by atoms with Gasteiger partial charge in [-0.2, -0.15) is 5.10 Å². The summed E-state index contributed by atoms with van der Waals surface area (Å²) >= 11 is 0. The summed E-state index contributed by atoms with van der Waals surface area (Å²) < 4.78 is 1.58. The fraction of sp³-hybridized carbons (Fsp3) is 0.600. The zero-order valence-electron chi connectivity index (χ0n) is 8.66. The zero-order chi connectivity index (χ0) is 10.6. The molecule has 0 aromatic carbocycles. The number of carbonyl (C=O) groups is 1. The van der Waals surface area contributed by atoms with Gasteiger partial charge in [-0.15, -0.1) is 0 Å². The second-order valence-corrected chi connectivity index (χ2v) is 3.41. The van der Waals surface area contributed by atoms with Crippen LogP contribution in [0.5, 0.6) is 0 Å². The first kappa shape index (κ1) is 10.8. The molecule has 1 rings (SSSR count). The van der Waals surface area contributed by atoms with Crippen LogP contribution in [0.2, 0.25) is 0 Å². The van der Waals surface area contributed by atoms with E-state index >= 15 is 0 Å². The van der Waals surface area contributed by atoms with E-state index in [9.17, 15) is 4.79 Å². The second-order valence-electron chi connectivity index (χ2n) is 3.41. The Balaban J connectivity index is 2.69. The molecule has 0 saturated carbocycles. The number of nitrogens with zero attached hydrogens (tertiary/aromatic N) is 2. The first-order valence-electron chi connectivity index (χ1n) is 4.93. The molecule has 1 aromatic rings. The fourth-order valence-electron chi connectivity index (χ4n) is 1.40. The van der Waals surface area contributed by atoms with Crippen LogP contribution in [0.1, 0.15) is 42.4 Å². The van der Waals surface area contributed by atoms with E-state index in [-0.39, 0.29) is 0 Å². The van der Waals surface area contributed by atoms with Crippen LogP contribution in [0.3, 0.4) is 0 Å². The Morgan fingerprint density at radius 2 is 2.29 bits per heavy atom. The maximum Gasteiger partial charge on any atom is 0.354 e. The molecule has 4 heteroatoms. The third kappa shape index (κ3) is 2.58. The van der Waals surface area contributed by atoms with Crippen LogP contribution in [0.25, 0.3) is 0 Å². The van der Waals surface area contributed by atoms with E-state index in [0.717, 1.165) is 25.0 Å². The molecule has 4 nitrogen and oxygen atoms in total. The lowest BCUT2D eigenvalue weighted by Gasteiger charge is -2.02. The van der Waals surface area contributed by atoms with Crippen molar-refractivity contribution in [1.82, 2.24) is 9.78 Å². The Kier molecular flexibility index (Phi) is 3.68. The third-order valence-corrected chi connectivity index (χ3v) is 2.09. The maximum atomic E-state index is 10.8. The summed E-state index contributed by atoms with van der Waals surface area (Å²) in [6.07, 6.45) is 3.22. The van der Waals surface area contributed by atoms with Gasteiger partial charge in [-0.25, -0.2) is 4.79 Å².